The van der Waals surface area contributed by atoms with Crippen LogP contribution in [0.3, 0.4) is 0 Å². The molecule has 0 atom stereocenters. The van der Waals surface area contributed by atoms with Crippen molar-refractivity contribution in [1.82, 2.24) is 10.2 Å². The molecule has 0 bridgehead atoms. The summed E-state index contributed by atoms with van der Waals surface area (Å²) in [6.45, 7) is 0. The molecule has 0 saturated heterocycles. The van der Waals surface area contributed by atoms with Crippen molar-refractivity contribution >= 4 is 15.9 Å². The first kappa shape index (κ1) is 13.7. The molecule has 0 aliphatic carbocycles. The summed E-state index contributed by atoms with van der Waals surface area (Å²) in [6.07, 6.45) is -4.55. The van der Waals surface area contributed by atoms with Crippen LogP contribution in [0.4, 0.5) is 17.6 Å². The molecular formula is C11H5BrF4N2O. The first-order chi connectivity index (χ1) is 8.86. The molecule has 0 radical (unpaired) electrons. The zero-order valence-corrected chi connectivity index (χ0v) is 10.7. The van der Waals surface area contributed by atoms with Crippen molar-refractivity contribution in [1.29, 1.82) is 0 Å². The zero-order valence-electron chi connectivity index (χ0n) is 9.08. The van der Waals surface area contributed by atoms with Crippen LogP contribution in [0, 0.1) is 5.82 Å². The van der Waals surface area contributed by atoms with Gasteiger partial charge in [0.05, 0.1) is 4.47 Å². The number of hydrogen-bond donors (Lipinski definition) is 0. The van der Waals surface area contributed by atoms with Crippen molar-refractivity contribution in [3.63, 3.8) is 0 Å². The average Bonchev–Trinajstić information content (AvgIpc) is 2.32. The maximum Gasteiger partial charge on any atom is 0.435 e. The number of benzene rings is 1. The summed E-state index contributed by atoms with van der Waals surface area (Å²) in [6, 6.07) is 5.41. The molecule has 19 heavy (non-hydrogen) atoms. The molecule has 0 amide bonds. The van der Waals surface area contributed by atoms with Crippen LogP contribution in [0.1, 0.15) is 5.69 Å². The molecule has 0 saturated carbocycles. The zero-order chi connectivity index (χ0) is 14.0. The van der Waals surface area contributed by atoms with E-state index in [9.17, 15) is 17.6 Å². The summed E-state index contributed by atoms with van der Waals surface area (Å²) in [4.78, 5) is 0. The highest BCUT2D eigenvalue weighted by Crippen LogP contribution is 2.31. The van der Waals surface area contributed by atoms with E-state index in [-0.39, 0.29) is 11.6 Å². The number of nitrogens with zero attached hydrogens (tertiary/aromatic N) is 2. The van der Waals surface area contributed by atoms with Gasteiger partial charge in [-0.05, 0) is 40.2 Å². The third-order valence-corrected chi connectivity index (χ3v) is 2.66. The third-order valence-electron chi connectivity index (χ3n) is 2.04. The molecule has 8 heteroatoms. The molecule has 0 N–H and O–H groups in total. The van der Waals surface area contributed by atoms with Crippen molar-refractivity contribution in [3.05, 3.63) is 46.3 Å². The molecule has 2 aromatic rings. The molecule has 0 aliphatic rings. The van der Waals surface area contributed by atoms with E-state index in [2.05, 4.69) is 26.1 Å². The molecule has 3 nitrogen and oxygen atoms in total. The lowest BCUT2D eigenvalue weighted by atomic mass is 10.3. The van der Waals surface area contributed by atoms with E-state index in [0.29, 0.717) is 4.47 Å². The minimum atomic E-state index is -4.55. The monoisotopic (exact) mass is 336 g/mol. The maximum absolute atomic E-state index is 12.8. The van der Waals surface area contributed by atoms with Crippen LogP contribution in [-0.2, 0) is 6.18 Å². The highest BCUT2D eigenvalue weighted by atomic mass is 79.9. The van der Waals surface area contributed by atoms with Gasteiger partial charge >= 0.3 is 6.18 Å². The Balaban J connectivity index is 2.20. The number of hydrogen-bond acceptors (Lipinski definition) is 3. The van der Waals surface area contributed by atoms with Gasteiger partial charge in [-0.3, -0.25) is 0 Å². The van der Waals surface area contributed by atoms with Crippen molar-refractivity contribution in [2.45, 2.75) is 6.18 Å². The average molecular weight is 337 g/mol. The van der Waals surface area contributed by atoms with Gasteiger partial charge in [0.15, 0.2) is 5.69 Å². The summed E-state index contributed by atoms with van der Waals surface area (Å²) in [5.41, 5.74) is -1.11. The van der Waals surface area contributed by atoms with E-state index < -0.39 is 17.7 Å². The standard InChI is InChI=1S/C11H5BrF4N2O/c12-7-5-6(13)1-2-8(7)19-10-4-3-9(17-18-10)11(14,15)16/h1-5H. The fourth-order valence-corrected chi connectivity index (χ4v) is 1.63. The Morgan fingerprint density at radius 1 is 1.05 bits per heavy atom. The molecular weight excluding hydrogens is 332 g/mol. The molecule has 2 rings (SSSR count). The lowest BCUT2D eigenvalue weighted by molar-refractivity contribution is -0.141. The lowest BCUT2D eigenvalue weighted by Crippen LogP contribution is -2.08. The Kier molecular flexibility index (Phi) is 3.70. The van der Waals surface area contributed by atoms with E-state index in [1.807, 2.05) is 0 Å². The molecule has 1 aromatic carbocycles. The van der Waals surface area contributed by atoms with Crippen LogP contribution in [0.2, 0.25) is 0 Å². The Morgan fingerprint density at radius 2 is 1.79 bits per heavy atom. The summed E-state index contributed by atoms with van der Waals surface area (Å²) in [5, 5.41) is 6.30. The predicted octanol–water partition coefficient (Wildman–Crippen LogP) is 4.19. The largest absolute Gasteiger partial charge is 0.436 e. The fraction of sp³-hybridized carbons (Fsp3) is 0.0909. The minimum absolute atomic E-state index is 0.125. The van der Waals surface area contributed by atoms with Gasteiger partial charge in [-0.15, -0.1) is 10.2 Å². The Labute approximate surface area is 113 Å². The number of halogens is 5. The van der Waals surface area contributed by atoms with Crippen LogP contribution in [0.15, 0.2) is 34.8 Å². The highest BCUT2D eigenvalue weighted by Gasteiger charge is 2.33. The normalized spacial score (nSPS) is 11.4. The smallest absolute Gasteiger partial charge is 0.435 e. The van der Waals surface area contributed by atoms with E-state index in [0.717, 1.165) is 24.3 Å². The highest BCUT2D eigenvalue weighted by molar-refractivity contribution is 9.10. The van der Waals surface area contributed by atoms with Gasteiger partial charge in [-0.1, -0.05) is 0 Å². The molecule has 0 spiro atoms. The molecule has 0 unspecified atom stereocenters. The van der Waals surface area contributed by atoms with E-state index in [4.69, 9.17) is 4.74 Å². The molecule has 1 aromatic heterocycles. The van der Waals surface area contributed by atoms with Crippen molar-refractivity contribution in [2.24, 2.45) is 0 Å². The van der Waals surface area contributed by atoms with E-state index in [1.165, 1.54) is 6.07 Å². The van der Waals surface area contributed by atoms with Crippen molar-refractivity contribution in [3.8, 4) is 11.6 Å². The van der Waals surface area contributed by atoms with Gasteiger partial charge in [-0.25, -0.2) is 4.39 Å². The predicted molar refractivity (Wildman–Crippen MR) is 61.2 cm³/mol. The first-order valence-corrected chi connectivity index (χ1v) is 5.69. The van der Waals surface area contributed by atoms with E-state index in [1.54, 1.807) is 0 Å². The fourth-order valence-electron chi connectivity index (χ4n) is 1.20. The molecule has 0 fully saturated rings. The number of alkyl halides is 3. The minimum Gasteiger partial charge on any atom is -0.436 e. The topological polar surface area (TPSA) is 35.0 Å². The van der Waals surface area contributed by atoms with Gasteiger partial charge in [0.2, 0.25) is 5.88 Å². The van der Waals surface area contributed by atoms with Gasteiger partial charge < -0.3 is 4.74 Å². The van der Waals surface area contributed by atoms with E-state index >= 15 is 0 Å². The SMILES string of the molecule is Fc1ccc(Oc2ccc(C(F)(F)F)nn2)c(Br)c1. The second-order valence-corrected chi connectivity index (χ2v) is 4.29. The second kappa shape index (κ2) is 5.12. The van der Waals surface area contributed by atoms with Crippen LogP contribution in [0.25, 0.3) is 0 Å². The molecule has 100 valence electrons. The quantitative estimate of drug-likeness (QED) is 0.771. The summed E-state index contributed by atoms with van der Waals surface area (Å²) in [5.74, 6) is -0.381. The van der Waals surface area contributed by atoms with Crippen LogP contribution in [-0.4, -0.2) is 10.2 Å². The Bertz CT molecular complexity index is 586. The van der Waals surface area contributed by atoms with Crippen LogP contribution < -0.4 is 4.74 Å². The molecule has 0 aliphatic heterocycles. The summed E-state index contributed by atoms with van der Waals surface area (Å²) >= 11 is 3.06. The lowest BCUT2D eigenvalue weighted by Gasteiger charge is -2.08. The Morgan fingerprint density at radius 3 is 2.32 bits per heavy atom. The Hall–Kier alpha value is -1.70. The van der Waals surface area contributed by atoms with Gasteiger partial charge in [-0.2, -0.15) is 13.2 Å². The second-order valence-electron chi connectivity index (χ2n) is 3.43. The summed E-state index contributed by atoms with van der Waals surface area (Å²) in [7, 11) is 0. The van der Waals surface area contributed by atoms with Crippen LogP contribution >= 0.6 is 15.9 Å². The number of rotatable bonds is 2. The van der Waals surface area contributed by atoms with Crippen molar-refractivity contribution in [2.75, 3.05) is 0 Å². The van der Waals surface area contributed by atoms with Gasteiger partial charge in [0.1, 0.15) is 11.6 Å². The first-order valence-electron chi connectivity index (χ1n) is 4.90. The maximum atomic E-state index is 12.8. The van der Waals surface area contributed by atoms with Crippen LogP contribution in [0.5, 0.6) is 11.6 Å². The summed E-state index contributed by atoms with van der Waals surface area (Å²) < 4.78 is 55.1. The number of aromatic nitrogens is 2. The van der Waals surface area contributed by atoms with Gasteiger partial charge in [0, 0.05) is 6.07 Å². The van der Waals surface area contributed by atoms with Crippen molar-refractivity contribution < 1.29 is 22.3 Å². The third kappa shape index (κ3) is 3.40. The number of ether oxygens (including phenoxy) is 1. The van der Waals surface area contributed by atoms with Gasteiger partial charge in [0.25, 0.3) is 0 Å². The molecule has 1 heterocycles.